The van der Waals surface area contributed by atoms with Gasteiger partial charge in [-0.25, -0.2) is 0 Å². The molecule has 14 rings (SSSR count). The van der Waals surface area contributed by atoms with Crippen molar-refractivity contribution in [1.82, 2.24) is 13.7 Å². The zero-order valence-electron chi connectivity index (χ0n) is 35.8. The average Bonchev–Trinajstić information content (AvgIpc) is 4.14. The molecule has 0 fully saturated rings. The second-order valence-electron chi connectivity index (χ2n) is 17.3. The summed E-state index contributed by atoms with van der Waals surface area (Å²) in [6, 6.07) is 85.8. The summed E-state index contributed by atoms with van der Waals surface area (Å²) in [6.45, 7) is 0. The van der Waals surface area contributed by atoms with Gasteiger partial charge < -0.3 is 18.1 Å². The van der Waals surface area contributed by atoms with Gasteiger partial charge in [0, 0.05) is 60.3 Å². The second kappa shape index (κ2) is 14.3. The minimum atomic E-state index is 0.868. The number of benzene rings is 10. The van der Waals surface area contributed by atoms with E-state index >= 15 is 0 Å². The van der Waals surface area contributed by atoms with Gasteiger partial charge in [-0.1, -0.05) is 115 Å². The predicted octanol–water partition coefficient (Wildman–Crippen LogP) is 16.7. The van der Waals surface area contributed by atoms with Crippen LogP contribution in [0.1, 0.15) is 0 Å². The van der Waals surface area contributed by atoms with E-state index < -0.39 is 0 Å². The molecule has 0 amide bonds. The molecule has 4 heterocycles. The summed E-state index contributed by atoms with van der Waals surface area (Å²) in [5, 5.41) is 8.49. The summed E-state index contributed by atoms with van der Waals surface area (Å²) in [5.74, 6) is 0.868. The number of fused-ring (bicyclic) bond motifs is 10. The average molecular weight is 842 g/mol. The Bertz CT molecular complexity index is 3960. The van der Waals surface area contributed by atoms with Crippen LogP contribution in [0.25, 0.3) is 127 Å². The molecule has 0 aliphatic carbocycles. The van der Waals surface area contributed by atoms with Crippen LogP contribution in [-0.2, 0) is 0 Å². The van der Waals surface area contributed by atoms with Crippen molar-refractivity contribution in [3.8, 4) is 50.6 Å². The molecular formula is C62H39N3O. The third-order valence-corrected chi connectivity index (χ3v) is 13.6. The summed E-state index contributed by atoms with van der Waals surface area (Å²) < 4.78 is 13.4. The minimum Gasteiger partial charge on any atom is -0.456 e. The fraction of sp³-hybridized carbons (Fsp3) is 0. The maximum atomic E-state index is 6.27. The summed E-state index contributed by atoms with van der Waals surface area (Å²) in [4.78, 5) is 0. The molecule has 10 aromatic carbocycles. The van der Waals surface area contributed by atoms with Gasteiger partial charge >= 0.3 is 0 Å². The molecule has 0 bridgehead atoms. The number of nitrogens with zero attached hydrogens (tertiary/aromatic N) is 3. The Balaban J connectivity index is 0.950. The summed E-state index contributed by atoms with van der Waals surface area (Å²) in [6.07, 6.45) is 0. The number of aromatic nitrogens is 3. The molecule has 0 atom stereocenters. The van der Waals surface area contributed by atoms with Crippen molar-refractivity contribution in [3.63, 3.8) is 0 Å². The molecule has 4 nitrogen and oxygen atoms in total. The maximum Gasteiger partial charge on any atom is 0.135 e. The van der Waals surface area contributed by atoms with Crippen LogP contribution in [0.5, 0.6) is 0 Å². The molecule has 0 saturated heterocycles. The lowest BCUT2D eigenvalue weighted by atomic mass is 9.98. The van der Waals surface area contributed by atoms with Crippen molar-refractivity contribution in [2.24, 2.45) is 0 Å². The van der Waals surface area contributed by atoms with Crippen molar-refractivity contribution < 1.29 is 4.42 Å². The van der Waals surface area contributed by atoms with Crippen LogP contribution in [0.2, 0.25) is 0 Å². The quantitative estimate of drug-likeness (QED) is 0.164. The molecule has 14 aromatic rings. The lowest BCUT2D eigenvalue weighted by Crippen LogP contribution is -1.94. The zero-order valence-corrected chi connectivity index (χ0v) is 35.8. The lowest BCUT2D eigenvalue weighted by molar-refractivity contribution is 0.631. The van der Waals surface area contributed by atoms with Gasteiger partial charge in [0.15, 0.2) is 0 Å². The maximum absolute atomic E-state index is 6.27. The SMILES string of the molecule is c1ccc(-n2c3ccccc3c3cc(-c4ccc5c(c4)c4cc(-c6ccc7c(c6)c6ccccc6n7-c6ccccc6)ccc4n5-c4ccc(-c5cc6ccccc6o5)cc4)ccc32)cc1. The van der Waals surface area contributed by atoms with Crippen molar-refractivity contribution in [3.05, 3.63) is 237 Å². The molecule has 4 aromatic heterocycles. The lowest BCUT2D eigenvalue weighted by Gasteiger charge is -2.10. The number of rotatable bonds is 6. The number of para-hydroxylation sites is 5. The first-order valence-electron chi connectivity index (χ1n) is 22.6. The summed E-state index contributed by atoms with van der Waals surface area (Å²) in [5.41, 5.74) is 17.2. The van der Waals surface area contributed by atoms with Gasteiger partial charge in [-0.2, -0.15) is 0 Å². The molecule has 0 saturated carbocycles. The highest BCUT2D eigenvalue weighted by atomic mass is 16.3. The van der Waals surface area contributed by atoms with E-state index in [2.05, 4.69) is 238 Å². The van der Waals surface area contributed by atoms with Crippen LogP contribution in [-0.4, -0.2) is 13.7 Å². The Hall–Kier alpha value is -8.86. The number of hydrogen-bond donors (Lipinski definition) is 0. The van der Waals surface area contributed by atoms with Crippen molar-refractivity contribution in [1.29, 1.82) is 0 Å². The molecule has 0 radical (unpaired) electrons. The third kappa shape index (κ3) is 5.58. The molecule has 4 heteroatoms. The molecule has 0 unspecified atom stereocenters. The standard InChI is InChI=1S/C62H39N3O/c1-3-14-46(15-4-1)63-55-20-10-8-18-49(55)51-35-41(25-31-57(51)63)43-27-33-59-53(37-43)54-38-44(42-26-32-58-52(36-42)50-19-9-11-21-56(50)64(58)47-16-5-2-6-17-47)28-34-60(54)65(59)48-29-23-40(24-30-48)62-39-45-13-7-12-22-61(45)66-62/h1-39H. The van der Waals surface area contributed by atoms with E-state index in [4.69, 9.17) is 4.42 Å². The zero-order chi connectivity index (χ0) is 43.3. The first kappa shape index (κ1) is 36.6. The Kier molecular flexibility index (Phi) is 7.95. The van der Waals surface area contributed by atoms with Crippen LogP contribution in [0, 0.1) is 0 Å². The molecule has 0 spiro atoms. The van der Waals surface area contributed by atoms with Crippen molar-refractivity contribution >= 4 is 76.4 Å². The van der Waals surface area contributed by atoms with Crippen LogP contribution in [0.4, 0.5) is 0 Å². The van der Waals surface area contributed by atoms with E-state index in [1.807, 2.05) is 12.1 Å². The normalized spacial score (nSPS) is 11.9. The monoisotopic (exact) mass is 841 g/mol. The summed E-state index contributed by atoms with van der Waals surface area (Å²) in [7, 11) is 0. The van der Waals surface area contributed by atoms with E-state index in [1.54, 1.807) is 0 Å². The highest BCUT2D eigenvalue weighted by Crippen LogP contribution is 2.41. The smallest absolute Gasteiger partial charge is 0.135 e. The predicted molar refractivity (Wildman–Crippen MR) is 276 cm³/mol. The van der Waals surface area contributed by atoms with E-state index in [0.717, 1.165) is 50.4 Å². The number of furan rings is 1. The first-order chi connectivity index (χ1) is 32.7. The fourth-order valence-corrected chi connectivity index (χ4v) is 10.6. The highest BCUT2D eigenvalue weighted by Gasteiger charge is 2.19. The van der Waals surface area contributed by atoms with Gasteiger partial charge in [0.25, 0.3) is 0 Å². The van der Waals surface area contributed by atoms with E-state index in [9.17, 15) is 0 Å². The van der Waals surface area contributed by atoms with Gasteiger partial charge in [0.2, 0.25) is 0 Å². The Labute approximate surface area is 380 Å². The minimum absolute atomic E-state index is 0.868. The van der Waals surface area contributed by atoms with Gasteiger partial charge in [-0.3, -0.25) is 0 Å². The molecular weight excluding hydrogens is 803 g/mol. The molecule has 0 aliphatic heterocycles. The molecule has 0 aliphatic rings. The van der Waals surface area contributed by atoms with Crippen molar-refractivity contribution in [2.45, 2.75) is 0 Å². The Morgan fingerprint density at radius 3 is 1.05 bits per heavy atom. The topological polar surface area (TPSA) is 27.9 Å². The highest BCUT2D eigenvalue weighted by molar-refractivity contribution is 6.14. The van der Waals surface area contributed by atoms with Gasteiger partial charge in [0.1, 0.15) is 11.3 Å². The van der Waals surface area contributed by atoms with Gasteiger partial charge in [-0.15, -0.1) is 0 Å². The Morgan fingerprint density at radius 2 is 0.591 bits per heavy atom. The van der Waals surface area contributed by atoms with E-state index in [0.29, 0.717) is 0 Å². The van der Waals surface area contributed by atoms with Gasteiger partial charge in [-0.05, 0) is 144 Å². The molecule has 308 valence electrons. The molecule has 66 heavy (non-hydrogen) atoms. The van der Waals surface area contributed by atoms with Crippen LogP contribution >= 0.6 is 0 Å². The van der Waals surface area contributed by atoms with Crippen molar-refractivity contribution in [2.75, 3.05) is 0 Å². The first-order valence-corrected chi connectivity index (χ1v) is 22.6. The molecule has 0 N–H and O–H groups in total. The number of hydrogen-bond acceptors (Lipinski definition) is 1. The largest absolute Gasteiger partial charge is 0.456 e. The van der Waals surface area contributed by atoms with E-state index in [1.165, 1.54) is 76.6 Å². The third-order valence-electron chi connectivity index (χ3n) is 13.6. The Morgan fingerprint density at radius 1 is 0.242 bits per heavy atom. The fourth-order valence-electron chi connectivity index (χ4n) is 10.6. The second-order valence-corrected chi connectivity index (χ2v) is 17.3. The van der Waals surface area contributed by atoms with Crippen LogP contribution < -0.4 is 0 Å². The van der Waals surface area contributed by atoms with Gasteiger partial charge in [0.05, 0.1) is 33.1 Å². The van der Waals surface area contributed by atoms with Crippen LogP contribution in [0.3, 0.4) is 0 Å². The summed E-state index contributed by atoms with van der Waals surface area (Å²) >= 11 is 0. The van der Waals surface area contributed by atoms with E-state index in [-0.39, 0.29) is 0 Å². The van der Waals surface area contributed by atoms with Crippen LogP contribution in [0.15, 0.2) is 241 Å².